The summed E-state index contributed by atoms with van der Waals surface area (Å²) in [7, 11) is 0. The molecule has 2 rings (SSSR count). The van der Waals surface area contributed by atoms with Crippen LogP contribution in [0.15, 0.2) is 18.2 Å². The number of hydrogen-bond acceptors (Lipinski definition) is 4. The predicted octanol–water partition coefficient (Wildman–Crippen LogP) is 2.27. The van der Waals surface area contributed by atoms with Crippen LogP contribution in [0.5, 0.6) is 5.88 Å². The predicted molar refractivity (Wildman–Crippen MR) is 73.8 cm³/mol. The van der Waals surface area contributed by atoms with Gasteiger partial charge in [0.05, 0.1) is 6.61 Å². The molecule has 0 amide bonds. The first-order valence-electron chi connectivity index (χ1n) is 6.87. The van der Waals surface area contributed by atoms with Gasteiger partial charge < -0.3 is 15.8 Å². The zero-order valence-corrected chi connectivity index (χ0v) is 11.1. The normalized spacial score (nSPS) is 23.0. The number of anilines is 1. The molecule has 1 aliphatic carbocycles. The van der Waals surface area contributed by atoms with Crippen molar-refractivity contribution in [2.45, 2.75) is 26.2 Å². The van der Waals surface area contributed by atoms with Gasteiger partial charge in [-0.25, -0.2) is 0 Å². The number of hydrogen-bond donors (Lipinski definition) is 2. The lowest BCUT2D eigenvalue weighted by atomic mass is 9.96. The Balaban J connectivity index is 1.87. The van der Waals surface area contributed by atoms with Crippen molar-refractivity contribution in [1.82, 2.24) is 4.98 Å². The minimum atomic E-state index is 0.647. The standard InChI is InChI=1S/C14H23N3O/c1-2-18-14-8-4-7-13(17-14)16-10-12-6-3-5-11(12)9-15/h4,7-8,11-12H,2-3,5-6,9-10,15H2,1H3,(H,16,17). The quantitative estimate of drug-likeness (QED) is 0.812. The highest BCUT2D eigenvalue weighted by molar-refractivity contribution is 5.37. The van der Waals surface area contributed by atoms with Crippen molar-refractivity contribution in [3.05, 3.63) is 18.2 Å². The summed E-state index contributed by atoms with van der Waals surface area (Å²) < 4.78 is 5.39. The third-order valence-electron chi connectivity index (χ3n) is 3.68. The van der Waals surface area contributed by atoms with E-state index in [1.807, 2.05) is 25.1 Å². The van der Waals surface area contributed by atoms with E-state index < -0.39 is 0 Å². The summed E-state index contributed by atoms with van der Waals surface area (Å²) in [6, 6.07) is 5.83. The highest BCUT2D eigenvalue weighted by Crippen LogP contribution is 2.30. The lowest BCUT2D eigenvalue weighted by Gasteiger charge is -2.18. The van der Waals surface area contributed by atoms with Gasteiger partial charge in [0, 0.05) is 12.6 Å². The van der Waals surface area contributed by atoms with E-state index in [9.17, 15) is 0 Å². The van der Waals surface area contributed by atoms with E-state index in [1.54, 1.807) is 0 Å². The zero-order chi connectivity index (χ0) is 12.8. The first-order chi connectivity index (χ1) is 8.83. The van der Waals surface area contributed by atoms with E-state index >= 15 is 0 Å². The Morgan fingerprint density at radius 2 is 2.22 bits per heavy atom. The van der Waals surface area contributed by atoms with Crippen LogP contribution in [0.2, 0.25) is 0 Å². The largest absolute Gasteiger partial charge is 0.478 e. The molecule has 1 heterocycles. The molecule has 2 unspecified atom stereocenters. The van der Waals surface area contributed by atoms with Crippen molar-refractivity contribution in [1.29, 1.82) is 0 Å². The van der Waals surface area contributed by atoms with E-state index in [1.165, 1.54) is 19.3 Å². The maximum Gasteiger partial charge on any atom is 0.215 e. The molecule has 1 fully saturated rings. The van der Waals surface area contributed by atoms with Gasteiger partial charge in [0.2, 0.25) is 5.88 Å². The van der Waals surface area contributed by atoms with E-state index in [-0.39, 0.29) is 0 Å². The topological polar surface area (TPSA) is 60.2 Å². The molecule has 0 aromatic carbocycles. The van der Waals surface area contributed by atoms with E-state index in [4.69, 9.17) is 10.5 Å². The van der Waals surface area contributed by atoms with Crippen LogP contribution in [-0.4, -0.2) is 24.7 Å². The van der Waals surface area contributed by atoms with Gasteiger partial charge in [0.1, 0.15) is 5.82 Å². The van der Waals surface area contributed by atoms with E-state index in [0.29, 0.717) is 24.3 Å². The van der Waals surface area contributed by atoms with Crippen LogP contribution in [0, 0.1) is 11.8 Å². The van der Waals surface area contributed by atoms with Crippen LogP contribution in [-0.2, 0) is 0 Å². The summed E-state index contributed by atoms with van der Waals surface area (Å²) in [5, 5.41) is 3.40. The second kappa shape index (κ2) is 6.59. The SMILES string of the molecule is CCOc1cccc(NCC2CCCC2CN)n1. The van der Waals surface area contributed by atoms with Crippen molar-refractivity contribution in [3.63, 3.8) is 0 Å². The number of pyridine rings is 1. The van der Waals surface area contributed by atoms with Crippen LogP contribution in [0.4, 0.5) is 5.82 Å². The Bertz CT molecular complexity index is 370. The third kappa shape index (κ3) is 3.35. The minimum absolute atomic E-state index is 0.647. The molecule has 0 saturated heterocycles. The van der Waals surface area contributed by atoms with Crippen molar-refractivity contribution >= 4 is 5.82 Å². The van der Waals surface area contributed by atoms with Gasteiger partial charge in [-0.1, -0.05) is 12.5 Å². The number of nitrogens with one attached hydrogen (secondary N) is 1. The lowest BCUT2D eigenvalue weighted by Crippen LogP contribution is -2.24. The number of aromatic nitrogens is 1. The second-order valence-electron chi connectivity index (χ2n) is 4.86. The Hall–Kier alpha value is -1.29. The Kier molecular flexibility index (Phi) is 4.81. The molecule has 0 radical (unpaired) electrons. The molecule has 0 bridgehead atoms. The molecular weight excluding hydrogens is 226 g/mol. The average molecular weight is 249 g/mol. The first-order valence-corrected chi connectivity index (χ1v) is 6.87. The van der Waals surface area contributed by atoms with Crippen LogP contribution >= 0.6 is 0 Å². The molecular formula is C14H23N3O. The molecule has 1 aliphatic rings. The molecule has 100 valence electrons. The fraction of sp³-hybridized carbons (Fsp3) is 0.643. The molecule has 2 atom stereocenters. The summed E-state index contributed by atoms with van der Waals surface area (Å²) in [6.07, 6.45) is 3.86. The van der Waals surface area contributed by atoms with Gasteiger partial charge in [-0.2, -0.15) is 4.98 Å². The maximum atomic E-state index is 5.79. The van der Waals surface area contributed by atoms with Gasteiger partial charge >= 0.3 is 0 Å². The molecule has 1 aromatic rings. The summed E-state index contributed by atoms with van der Waals surface area (Å²) in [6.45, 7) is 4.38. The monoisotopic (exact) mass is 249 g/mol. The first kappa shape index (κ1) is 13.1. The number of nitrogens with two attached hydrogens (primary N) is 1. The Labute approximate surface area is 109 Å². The van der Waals surface area contributed by atoms with Gasteiger partial charge in [-0.05, 0) is 44.2 Å². The van der Waals surface area contributed by atoms with E-state index in [2.05, 4.69) is 10.3 Å². The highest BCUT2D eigenvalue weighted by Gasteiger charge is 2.25. The molecule has 0 spiro atoms. The second-order valence-corrected chi connectivity index (χ2v) is 4.86. The molecule has 1 saturated carbocycles. The van der Waals surface area contributed by atoms with Gasteiger partial charge in [0.25, 0.3) is 0 Å². The average Bonchev–Trinajstić information content (AvgIpc) is 2.84. The molecule has 0 aliphatic heterocycles. The van der Waals surface area contributed by atoms with Crippen LogP contribution < -0.4 is 15.8 Å². The van der Waals surface area contributed by atoms with Gasteiger partial charge in [-0.3, -0.25) is 0 Å². The minimum Gasteiger partial charge on any atom is -0.478 e. The fourth-order valence-corrected chi connectivity index (χ4v) is 2.67. The Morgan fingerprint density at radius 1 is 1.39 bits per heavy atom. The molecule has 3 N–H and O–H groups in total. The van der Waals surface area contributed by atoms with Crippen molar-refractivity contribution < 1.29 is 4.74 Å². The third-order valence-corrected chi connectivity index (χ3v) is 3.68. The van der Waals surface area contributed by atoms with Crippen molar-refractivity contribution in [3.8, 4) is 5.88 Å². The molecule has 18 heavy (non-hydrogen) atoms. The zero-order valence-electron chi connectivity index (χ0n) is 11.1. The smallest absolute Gasteiger partial charge is 0.215 e. The van der Waals surface area contributed by atoms with Crippen molar-refractivity contribution in [2.75, 3.05) is 25.0 Å². The van der Waals surface area contributed by atoms with Gasteiger partial charge in [0.15, 0.2) is 0 Å². The summed E-state index contributed by atoms with van der Waals surface area (Å²) in [5.41, 5.74) is 5.79. The summed E-state index contributed by atoms with van der Waals surface area (Å²) in [5.74, 6) is 2.94. The Morgan fingerprint density at radius 3 is 3.00 bits per heavy atom. The number of ether oxygens (including phenoxy) is 1. The number of nitrogens with zero attached hydrogens (tertiary/aromatic N) is 1. The van der Waals surface area contributed by atoms with Gasteiger partial charge in [-0.15, -0.1) is 0 Å². The van der Waals surface area contributed by atoms with Crippen LogP contribution in [0.25, 0.3) is 0 Å². The highest BCUT2D eigenvalue weighted by atomic mass is 16.5. The summed E-state index contributed by atoms with van der Waals surface area (Å²) >= 11 is 0. The van der Waals surface area contributed by atoms with E-state index in [0.717, 1.165) is 18.9 Å². The molecule has 4 heteroatoms. The van der Waals surface area contributed by atoms with Crippen LogP contribution in [0.1, 0.15) is 26.2 Å². The molecule has 1 aromatic heterocycles. The summed E-state index contributed by atoms with van der Waals surface area (Å²) in [4.78, 5) is 4.41. The maximum absolute atomic E-state index is 5.79. The lowest BCUT2D eigenvalue weighted by molar-refractivity contribution is 0.327. The molecule has 4 nitrogen and oxygen atoms in total. The van der Waals surface area contributed by atoms with Crippen LogP contribution in [0.3, 0.4) is 0 Å². The van der Waals surface area contributed by atoms with Crippen molar-refractivity contribution in [2.24, 2.45) is 17.6 Å². The fourth-order valence-electron chi connectivity index (χ4n) is 2.67. The number of rotatable bonds is 6.